The Bertz CT molecular complexity index is 1030. The Balaban J connectivity index is 1.88. The van der Waals surface area contributed by atoms with E-state index in [-0.39, 0.29) is 21.8 Å². The number of aryl methyl sites for hydroxylation is 1. The minimum Gasteiger partial charge on any atom is -0.398 e. The minimum absolute atomic E-state index is 0.0538. The van der Waals surface area contributed by atoms with E-state index in [2.05, 4.69) is 10.3 Å². The molecule has 0 saturated heterocycles. The normalized spacial score (nSPS) is 11.5. The van der Waals surface area contributed by atoms with Gasteiger partial charge >= 0.3 is 6.18 Å². The van der Waals surface area contributed by atoms with Crippen LogP contribution in [0.2, 0.25) is 0 Å². The molecule has 0 fully saturated rings. The summed E-state index contributed by atoms with van der Waals surface area (Å²) in [4.78, 5) is 16.7. The number of nitrogen functional groups attached to an aromatic ring is 1. The van der Waals surface area contributed by atoms with E-state index in [0.29, 0.717) is 5.16 Å². The molecule has 28 heavy (non-hydrogen) atoms. The van der Waals surface area contributed by atoms with E-state index in [9.17, 15) is 22.4 Å². The third-order valence-electron chi connectivity index (χ3n) is 3.77. The number of anilines is 2. The number of halogens is 4. The van der Waals surface area contributed by atoms with Gasteiger partial charge in [-0.1, -0.05) is 6.07 Å². The van der Waals surface area contributed by atoms with Crippen LogP contribution in [0.1, 0.15) is 15.9 Å². The lowest BCUT2D eigenvalue weighted by Crippen LogP contribution is -2.15. The summed E-state index contributed by atoms with van der Waals surface area (Å²) < 4.78 is 54.4. The number of hydrogen-bond donors (Lipinski definition) is 2. The maximum Gasteiger partial charge on any atom is 0.416 e. The highest BCUT2D eigenvalue weighted by Gasteiger charge is 2.30. The summed E-state index contributed by atoms with van der Waals surface area (Å²) >= 11 is 0.992. The zero-order valence-corrected chi connectivity index (χ0v) is 15.2. The van der Waals surface area contributed by atoms with Crippen LogP contribution in [-0.4, -0.2) is 15.5 Å². The fourth-order valence-electron chi connectivity index (χ4n) is 2.36. The van der Waals surface area contributed by atoms with Gasteiger partial charge in [0.2, 0.25) is 0 Å². The lowest BCUT2D eigenvalue weighted by Gasteiger charge is -2.12. The summed E-state index contributed by atoms with van der Waals surface area (Å²) in [6, 6.07) is 6.43. The van der Waals surface area contributed by atoms with Crippen molar-refractivity contribution in [3.63, 3.8) is 0 Å². The van der Waals surface area contributed by atoms with Gasteiger partial charge in [-0.2, -0.15) is 13.2 Å². The van der Waals surface area contributed by atoms with E-state index in [0.717, 1.165) is 30.0 Å². The maximum atomic E-state index is 14.2. The number of carbonyl (C=O) groups excluding carboxylic acids is 1. The van der Waals surface area contributed by atoms with Crippen molar-refractivity contribution < 1.29 is 22.4 Å². The average Bonchev–Trinajstić information content (AvgIpc) is 3.01. The summed E-state index contributed by atoms with van der Waals surface area (Å²) in [7, 11) is 1.73. The van der Waals surface area contributed by atoms with Crippen LogP contribution in [0.25, 0.3) is 0 Å². The predicted molar refractivity (Wildman–Crippen MR) is 97.5 cm³/mol. The van der Waals surface area contributed by atoms with Gasteiger partial charge in [-0.25, -0.2) is 9.37 Å². The first-order valence-corrected chi connectivity index (χ1v) is 8.69. The molecular weight excluding hydrogens is 396 g/mol. The molecule has 0 saturated carbocycles. The molecule has 3 rings (SSSR count). The summed E-state index contributed by atoms with van der Waals surface area (Å²) in [5.41, 5.74) is 4.59. The standard InChI is InChI=1S/C18H14F4N4OS/c1-26-6-5-24-17(26)28-15-8-12(14(23)9-13(15)19)16(27)25-11-4-2-3-10(7-11)18(20,21)22/h2-9H,23H2,1H3,(H,25,27). The quantitative estimate of drug-likeness (QED) is 0.488. The number of rotatable bonds is 4. The van der Waals surface area contributed by atoms with Crippen LogP contribution in [0.15, 0.2) is 58.8 Å². The van der Waals surface area contributed by atoms with Crippen LogP contribution in [0.3, 0.4) is 0 Å². The topological polar surface area (TPSA) is 72.9 Å². The average molecular weight is 410 g/mol. The number of nitrogens with two attached hydrogens (primary N) is 1. The Morgan fingerprint density at radius 2 is 2.00 bits per heavy atom. The monoisotopic (exact) mass is 410 g/mol. The Hall–Kier alpha value is -3.01. The molecule has 0 spiro atoms. The van der Waals surface area contributed by atoms with E-state index in [1.54, 1.807) is 24.0 Å². The van der Waals surface area contributed by atoms with Crippen molar-refractivity contribution in [3.05, 3.63) is 65.7 Å². The second kappa shape index (κ2) is 7.55. The fraction of sp³-hybridized carbons (Fsp3) is 0.111. The molecule has 0 radical (unpaired) electrons. The van der Waals surface area contributed by atoms with E-state index in [1.165, 1.54) is 18.2 Å². The highest BCUT2D eigenvalue weighted by molar-refractivity contribution is 7.99. The van der Waals surface area contributed by atoms with Crippen LogP contribution >= 0.6 is 11.8 Å². The molecule has 1 heterocycles. The smallest absolute Gasteiger partial charge is 0.398 e. The Kier molecular flexibility index (Phi) is 5.32. The number of aromatic nitrogens is 2. The molecule has 0 aliphatic carbocycles. The van der Waals surface area contributed by atoms with Crippen LogP contribution in [0, 0.1) is 5.82 Å². The number of alkyl halides is 3. The summed E-state index contributed by atoms with van der Waals surface area (Å²) in [6.07, 6.45) is -1.32. The van der Waals surface area contributed by atoms with Gasteiger partial charge in [-0.05, 0) is 42.1 Å². The van der Waals surface area contributed by atoms with Crippen LogP contribution in [0.5, 0.6) is 0 Å². The molecule has 1 aromatic heterocycles. The number of hydrogen-bond acceptors (Lipinski definition) is 4. The molecule has 146 valence electrons. The summed E-state index contributed by atoms with van der Waals surface area (Å²) in [6.45, 7) is 0. The van der Waals surface area contributed by atoms with Crippen molar-refractivity contribution in [3.8, 4) is 0 Å². The molecule has 3 aromatic rings. The predicted octanol–water partition coefficient (Wildman–Crippen LogP) is 4.56. The molecule has 0 aliphatic rings. The highest BCUT2D eigenvalue weighted by atomic mass is 32.2. The maximum absolute atomic E-state index is 14.2. The first-order valence-electron chi connectivity index (χ1n) is 7.88. The molecule has 2 aromatic carbocycles. The molecule has 0 bridgehead atoms. The van der Waals surface area contributed by atoms with Gasteiger partial charge in [0.05, 0.1) is 16.0 Å². The van der Waals surface area contributed by atoms with Crippen molar-refractivity contribution in [1.29, 1.82) is 0 Å². The number of imidazole rings is 1. The summed E-state index contributed by atoms with van der Waals surface area (Å²) in [5, 5.41) is 2.85. The van der Waals surface area contributed by atoms with Gasteiger partial charge in [0.25, 0.3) is 5.91 Å². The number of nitrogens with zero attached hydrogens (tertiary/aromatic N) is 2. The molecule has 5 nitrogen and oxygen atoms in total. The Morgan fingerprint density at radius 3 is 2.64 bits per heavy atom. The lowest BCUT2D eigenvalue weighted by atomic mass is 10.1. The zero-order valence-electron chi connectivity index (χ0n) is 14.4. The van der Waals surface area contributed by atoms with Gasteiger partial charge in [-0.3, -0.25) is 4.79 Å². The molecule has 0 atom stereocenters. The third kappa shape index (κ3) is 4.28. The first kappa shape index (κ1) is 19.7. The second-order valence-corrected chi connectivity index (χ2v) is 6.83. The van der Waals surface area contributed by atoms with Gasteiger partial charge in [0.15, 0.2) is 5.16 Å². The molecule has 0 aliphatic heterocycles. The molecular formula is C18H14F4N4OS. The van der Waals surface area contributed by atoms with Crippen LogP contribution in [-0.2, 0) is 13.2 Å². The van der Waals surface area contributed by atoms with Crippen molar-refractivity contribution in [1.82, 2.24) is 9.55 Å². The van der Waals surface area contributed by atoms with Gasteiger partial charge in [0.1, 0.15) is 5.82 Å². The second-order valence-electron chi connectivity index (χ2n) is 5.83. The van der Waals surface area contributed by atoms with Crippen LogP contribution in [0.4, 0.5) is 28.9 Å². The fourth-order valence-corrected chi connectivity index (χ4v) is 3.21. The number of benzene rings is 2. The van der Waals surface area contributed by atoms with Crippen molar-refractivity contribution in [2.24, 2.45) is 7.05 Å². The molecule has 0 unspecified atom stereocenters. The van der Waals surface area contributed by atoms with Crippen molar-refractivity contribution >= 4 is 29.0 Å². The Labute approximate surface area is 161 Å². The number of nitrogens with one attached hydrogen (secondary N) is 1. The van der Waals surface area contributed by atoms with Gasteiger partial charge in [-0.15, -0.1) is 0 Å². The molecule has 3 N–H and O–H groups in total. The zero-order chi connectivity index (χ0) is 20.5. The van der Waals surface area contributed by atoms with Crippen molar-refractivity contribution in [2.45, 2.75) is 16.2 Å². The van der Waals surface area contributed by atoms with E-state index in [1.807, 2.05) is 0 Å². The summed E-state index contributed by atoms with van der Waals surface area (Å²) in [5.74, 6) is -1.39. The molecule has 1 amide bonds. The van der Waals surface area contributed by atoms with E-state index < -0.39 is 23.5 Å². The molecule has 10 heteroatoms. The number of carbonyl (C=O) groups is 1. The third-order valence-corrected chi connectivity index (χ3v) is 4.88. The van der Waals surface area contributed by atoms with E-state index >= 15 is 0 Å². The van der Waals surface area contributed by atoms with Gasteiger partial charge < -0.3 is 15.6 Å². The number of amides is 1. The minimum atomic E-state index is -4.54. The largest absolute Gasteiger partial charge is 0.416 e. The Morgan fingerprint density at radius 1 is 1.25 bits per heavy atom. The van der Waals surface area contributed by atoms with Gasteiger partial charge in [0, 0.05) is 30.8 Å². The van der Waals surface area contributed by atoms with Crippen LogP contribution < -0.4 is 11.1 Å². The SMILES string of the molecule is Cn1ccnc1Sc1cc(C(=O)Nc2cccc(C(F)(F)F)c2)c(N)cc1F. The highest BCUT2D eigenvalue weighted by Crippen LogP contribution is 2.33. The first-order chi connectivity index (χ1) is 13.1. The lowest BCUT2D eigenvalue weighted by molar-refractivity contribution is -0.137. The van der Waals surface area contributed by atoms with Crippen molar-refractivity contribution in [2.75, 3.05) is 11.1 Å². The van der Waals surface area contributed by atoms with E-state index in [4.69, 9.17) is 5.73 Å².